The zero-order valence-electron chi connectivity index (χ0n) is 8.51. The number of hydrogen-bond acceptors (Lipinski definition) is 3. The maximum atomic E-state index is 5.85. The van der Waals surface area contributed by atoms with Gasteiger partial charge in [0.2, 0.25) is 0 Å². The van der Waals surface area contributed by atoms with E-state index < -0.39 is 0 Å². The summed E-state index contributed by atoms with van der Waals surface area (Å²) in [6.07, 6.45) is 4.14. The van der Waals surface area contributed by atoms with Crippen molar-refractivity contribution in [2.45, 2.75) is 51.0 Å². The van der Waals surface area contributed by atoms with Crippen LogP contribution in [0.3, 0.4) is 0 Å². The minimum absolute atomic E-state index is 0.236. The lowest BCUT2D eigenvalue weighted by molar-refractivity contribution is -0.149. The van der Waals surface area contributed by atoms with Gasteiger partial charge in [-0.05, 0) is 33.1 Å². The van der Waals surface area contributed by atoms with Gasteiger partial charge in [-0.15, -0.1) is 0 Å². The highest BCUT2D eigenvalue weighted by Gasteiger charge is 2.42. The average molecular weight is 185 g/mol. The largest absolute Gasteiger partial charge is 0.374 e. The van der Waals surface area contributed by atoms with E-state index >= 15 is 0 Å². The van der Waals surface area contributed by atoms with E-state index in [-0.39, 0.29) is 11.8 Å². The molecule has 3 heteroatoms. The average Bonchev–Trinajstić information content (AvgIpc) is 2.49. The Kier molecular flexibility index (Phi) is 2.58. The minimum Gasteiger partial charge on any atom is -0.374 e. The molecule has 0 aromatic heterocycles. The third kappa shape index (κ3) is 1.87. The van der Waals surface area contributed by atoms with Crippen molar-refractivity contribution in [3.8, 4) is 0 Å². The fourth-order valence-corrected chi connectivity index (χ4v) is 2.21. The van der Waals surface area contributed by atoms with Gasteiger partial charge in [0.15, 0.2) is 0 Å². The van der Waals surface area contributed by atoms with Gasteiger partial charge in [0.05, 0.1) is 12.2 Å². The molecule has 0 amide bonds. The Labute approximate surface area is 79.8 Å². The number of ether oxygens (including phenoxy) is 2. The molecule has 0 bridgehead atoms. The highest BCUT2D eigenvalue weighted by Crippen LogP contribution is 2.28. The van der Waals surface area contributed by atoms with Crippen molar-refractivity contribution in [1.29, 1.82) is 0 Å². The fourth-order valence-electron chi connectivity index (χ4n) is 2.21. The SMILES string of the molecule is CC1CNC(C)(C2CCCCO2)O1. The molecule has 2 saturated heterocycles. The van der Waals surface area contributed by atoms with Crippen LogP contribution in [-0.2, 0) is 9.47 Å². The lowest BCUT2D eigenvalue weighted by Gasteiger charge is -2.36. The van der Waals surface area contributed by atoms with Gasteiger partial charge in [-0.1, -0.05) is 0 Å². The molecule has 0 saturated carbocycles. The topological polar surface area (TPSA) is 30.5 Å². The van der Waals surface area contributed by atoms with Gasteiger partial charge in [-0.3, -0.25) is 5.32 Å². The maximum Gasteiger partial charge on any atom is 0.143 e. The number of rotatable bonds is 1. The second-order valence-electron chi connectivity index (χ2n) is 4.27. The fraction of sp³-hybridized carbons (Fsp3) is 1.00. The Morgan fingerprint density at radius 2 is 2.23 bits per heavy atom. The summed E-state index contributed by atoms with van der Waals surface area (Å²) in [4.78, 5) is 0. The summed E-state index contributed by atoms with van der Waals surface area (Å²) in [6.45, 7) is 6.03. The van der Waals surface area contributed by atoms with Crippen molar-refractivity contribution in [1.82, 2.24) is 5.32 Å². The summed E-state index contributed by atoms with van der Waals surface area (Å²) < 4.78 is 11.6. The van der Waals surface area contributed by atoms with Crippen LogP contribution in [0.5, 0.6) is 0 Å². The second-order valence-corrected chi connectivity index (χ2v) is 4.27. The molecule has 1 N–H and O–H groups in total. The quantitative estimate of drug-likeness (QED) is 0.667. The van der Waals surface area contributed by atoms with E-state index in [0.29, 0.717) is 6.10 Å². The number of hydrogen-bond donors (Lipinski definition) is 1. The second kappa shape index (κ2) is 3.56. The molecule has 2 aliphatic heterocycles. The Balaban J connectivity index is 1.97. The Morgan fingerprint density at radius 1 is 1.38 bits per heavy atom. The first-order valence-corrected chi connectivity index (χ1v) is 5.25. The van der Waals surface area contributed by atoms with E-state index in [9.17, 15) is 0 Å². The third-order valence-corrected chi connectivity index (χ3v) is 2.98. The molecule has 0 aromatic carbocycles. The first kappa shape index (κ1) is 9.44. The van der Waals surface area contributed by atoms with E-state index in [1.165, 1.54) is 12.8 Å². The van der Waals surface area contributed by atoms with Crippen LogP contribution in [0.15, 0.2) is 0 Å². The van der Waals surface area contributed by atoms with Gasteiger partial charge < -0.3 is 9.47 Å². The molecule has 2 aliphatic rings. The third-order valence-electron chi connectivity index (χ3n) is 2.98. The zero-order chi connectivity index (χ0) is 9.31. The Morgan fingerprint density at radius 3 is 2.77 bits per heavy atom. The van der Waals surface area contributed by atoms with Crippen molar-refractivity contribution in [3.63, 3.8) is 0 Å². The molecule has 76 valence electrons. The highest BCUT2D eigenvalue weighted by molar-refractivity contribution is 4.90. The molecule has 3 atom stereocenters. The van der Waals surface area contributed by atoms with Gasteiger partial charge in [-0.2, -0.15) is 0 Å². The van der Waals surface area contributed by atoms with Crippen molar-refractivity contribution in [2.24, 2.45) is 0 Å². The molecule has 0 aromatic rings. The van der Waals surface area contributed by atoms with Crippen LogP contribution < -0.4 is 5.32 Å². The van der Waals surface area contributed by atoms with E-state index in [0.717, 1.165) is 19.6 Å². The van der Waals surface area contributed by atoms with Crippen LogP contribution in [0.2, 0.25) is 0 Å². The van der Waals surface area contributed by atoms with Crippen molar-refractivity contribution in [3.05, 3.63) is 0 Å². The molecule has 0 radical (unpaired) electrons. The summed E-state index contributed by atoms with van der Waals surface area (Å²) in [7, 11) is 0. The molecule has 2 fully saturated rings. The minimum atomic E-state index is -0.236. The molecule has 2 heterocycles. The van der Waals surface area contributed by atoms with Crippen LogP contribution in [0.25, 0.3) is 0 Å². The summed E-state index contributed by atoms with van der Waals surface area (Å²) in [6, 6.07) is 0. The van der Waals surface area contributed by atoms with E-state index in [1.54, 1.807) is 0 Å². The molecule has 0 spiro atoms. The Hall–Kier alpha value is -0.120. The predicted octanol–water partition coefficient (Wildman–Crippen LogP) is 1.28. The zero-order valence-corrected chi connectivity index (χ0v) is 8.51. The van der Waals surface area contributed by atoms with E-state index in [1.807, 2.05) is 0 Å². The summed E-state index contributed by atoms with van der Waals surface area (Å²) in [5.41, 5.74) is -0.236. The lowest BCUT2D eigenvalue weighted by Crippen LogP contribution is -2.51. The van der Waals surface area contributed by atoms with Gasteiger partial charge in [-0.25, -0.2) is 0 Å². The van der Waals surface area contributed by atoms with Gasteiger partial charge in [0.1, 0.15) is 5.72 Å². The van der Waals surface area contributed by atoms with Gasteiger partial charge in [0.25, 0.3) is 0 Å². The standard InChI is InChI=1S/C10H19NO2/c1-8-7-11-10(2,13-8)9-5-3-4-6-12-9/h8-9,11H,3-7H2,1-2H3. The van der Waals surface area contributed by atoms with Crippen LogP contribution in [0.4, 0.5) is 0 Å². The lowest BCUT2D eigenvalue weighted by atomic mass is 10.0. The molecule has 3 unspecified atom stereocenters. The van der Waals surface area contributed by atoms with Crippen molar-refractivity contribution < 1.29 is 9.47 Å². The molecule has 0 aliphatic carbocycles. The highest BCUT2D eigenvalue weighted by atomic mass is 16.6. The van der Waals surface area contributed by atoms with Crippen LogP contribution >= 0.6 is 0 Å². The van der Waals surface area contributed by atoms with E-state index in [2.05, 4.69) is 19.2 Å². The van der Waals surface area contributed by atoms with Gasteiger partial charge >= 0.3 is 0 Å². The van der Waals surface area contributed by atoms with Crippen molar-refractivity contribution in [2.75, 3.05) is 13.2 Å². The van der Waals surface area contributed by atoms with E-state index in [4.69, 9.17) is 9.47 Å². The molecular formula is C10H19NO2. The maximum absolute atomic E-state index is 5.85. The van der Waals surface area contributed by atoms with Crippen LogP contribution in [0, 0.1) is 0 Å². The molecule has 13 heavy (non-hydrogen) atoms. The normalized spacial score (nSPS) is 46.6. The van der Waals surface area contributed by atoms with Crippen molar-refractivity contribution >= 4 is 0 Å². The monoisotopic (exact) mass is 185 g/mol. The molecular weight excluding hydrogens is 166 g/mol. The van der Waals surface area contributed by atoms with Crippen LogP contribution in [0.1, 0.15) is 33.1 Å². The number of nitrogens with one attached hydrogen (secondary N) is 1. The Bertz CT molecular complexity index is 180. The van der Waals surface area contributed by atoms with Crippen LogP contribution in [-0.4, -0.2) is 31.1 Å². The predicted molar refractivity (Wildman–Crippen MR) is 50.5 cm³/mol. The summed E-state index contributed by atoms with van der Waals surface area (Å²) in [5.74, 6) is 0. The first-order chi connectivity index (χ1) is 6.21. The molecule has 2 rings (SSSR count). The van der Waals surface area contributed by atoms with Gasteiger partial charge in [0, 0.05) is 13.2 Å². The summed E-state index contributed by atoms with van der Waals surface area (Å²) in [5, 5.41) is 3.41. The summed E-state index contributed by atoms with van der Waals surface area (Å²) >= 11 is 0. The first-order valence-electron chi connectivity index (χ1n) is 5.25. The smallest absolute Gasteiger partial charge is 0.143 e. The molecule has 3 nitrogen and oxygen atoms in total.